The molecule has 35 heavy (non-hydrogen) atoms. The van der Waals surface area contributed by atoms with E-state index in [1.54, 1.807) is 34.1 Å². The fourth-order valence-electron chi connectivity index (χ4n) is 4.50. The van der Waals surface area contributed by atoms with Crippen LogP contribution in [-0.2, 0) is 15.8 Å². The van der Waals surface area contributed by atoms with Gasteiger partial charge in [-0.25, -0.2) is 0 Å². The summed E-state index contributed by atoms with van der Waals surface area (Å²) in [6.07, 6.45) is -4.63. The molecule has 2 aromatic carbocycles. The van der Waals surface area contributed by atoms with E-state index in [1.165, 1.54) is 12.0 Å². The number of carbonyl (C=O) groups excluding carboxylic acids is 2. The van der Waals surface area contributed by atoms with E-state index < -0.39 is 28.3 Å². The number of ether oxygens (including phenoxy) is 1. The number of alkyl halides is 3. The predicted octanol–water partition coefficient (Wildman–Crippen LogP) is 3.32. The maximum absolute atomic E-state index is 13.1. The molecule has 2 aliphatic heterocycles. The number of methoxy groups -OCH3 is 1. The molecule has 0 radical (unpaired) electrons. The van der Waals surface area contributed by atoms with Gasteiger partial charge in [-0.15, -0.1) is 0 Å². The summed E-state index contributed by atoms with van der Waals surface area (Å²) in [4.78, 5) is 41.0. The molecule has 9 nitrogen and oxygen atoms in total. The number of halogens is 3. The summed E-state index contributed by atoms with van der Waals surface area (Å²) in [7, 11) is 1.50. The van der Waals surface area contributed by atoms with Gasteiger partial charge in [0, 0.05) is 45.2 Å². The van der Waals surface area contributed by atoms with Crippen LogP contribution in [0.3, 0.4) is 0 Å². The first-order valence-electron chi connectivity index (χ1n) is 10.9. The van der Waals surface area contributed by atoms with Crippen molar-refractivity contribution in [2.75, 3.05) is 49.6 Å². The number of rotatable bonds is 5. The summed E-state index contributed by atoms with van der Waals surface area (Å²) in [5, 5.41) is 11.4. The molecule has 2 amide bonds. The Morgan fingerprint density at radius 2 is 1.77 bits per heavy atom. The van der Waals surface area contributed by atoms with Crippen LogP contribution in [0.15, 0.2) is 42.5 Å². The maximum atomic E-state index is 13.1. The molecule has 12 heteroatoms. The lowest BCUT2D eigenvalue weighted by Gasteiger charge is -2.36. The summed E-state index contributed by atoms with van der Waals surface area (Å²) in [5.41, 5.74) is -1.05. The topological polar surface area (TPSA) is 96.2 Å². The van der Waals surface area contributed by atoms with Gasteiger partial charge in [0.1, 0.15) is 11.4 Å². The molecule has 0 aliphatic carbocycles. The number of amides is 2. The van der Waals surface area contributed by atoms with Gasteiger partial charge in [0.05, 0.1) is 29.2 Å². The van der Waals surface area contributed by atoms with Gasteiger partial charge in [-0.05, 0) is 24.3 Å². The molecule has 2 aromatic rings. The van der Waals surface area contributed by atoms with Gasteiger partial charge in [-0.1, -0.05) is 12.1 Å². The van der Waals surface area contributed by atoms with Crippen LogP contribution in [0.25, 0.3) is 0 Å². The molecule has 0 bridgehead atoms. The van der Waals surface area contributed by atoms with Crippen LogP contribution in [0.2, 0.25) is 0 Å². The lowest BCUT2D eigenvalue weighted by atomic mass is 10.1. The first kappa shape index (κ1) is 24.3. The van der Waals surface area contributed by atoms with Gasteiger partial charge in [-0.3, -0.25) is 19.7 Å². The van der Waals surface area contributed by atoms with Crippen molar-refractivity contribution < 1.29 is 32.4 Å². The summed E-state index contributed by atoms with van der Waals surface area (Å²) < 4.78 is 44.3. The van der Waals surface area contributed by atoms with Gasteiger partial charge >= 0.3 is 6.18 Å². The fourth-order valence-corrected chi connectivity index (χ4v) is 4.50. The third-order valence-corrected chi connectivity index (χ3v) is 6.28. The largest absolute Gasteiger partial charge is 0.495 e. The second-order valence-electron chi connectivity index (χ2n) is 8.35. The smallest absolute Gasteiger partial charge is 0.416 e. The van der Waals surface area contributed by atoms with Crippen LogP contribution in [0.1, 0.15) is 12.0 Å². The van der Waals surface area contributed by atoms with E-state index in [2.05, 4.69) is 0 Å². The number of anilines is 2. The Morgan fingerprint density at radius 1 is 1.09 bits per heavy atom. The van der Waals surface area contributed by atoms with Crippen molar-refractivity contribution in [2.24, 2.45) is 5.92 Å². The lowest BCUT2D eigenvalue weighted by Crippen LogP contribution is -2.50. The highest BCUT2D eigenvalue weighted by Gasteiger charge is 2.39. The number of hydrogen-bond acceptors (Lipinski definition) is 6. The zero-order chi connectivity index (χ0) is 25.3. The molecule has 0 saturated carbocycles. The second-order valence-corrected chi connectivity index (χ2v) is 8.35. The van der Waals surface area contributed by atoms with E-state index in [9.17, 15) is 32.9 Å². The highest BCUT2D eigenvalue weighted by molar-refractivity contribution is 6.01. The molecule has 186 valence electrons. The SMILES string of the molecule is COc1ccccc1N1CC(C(=O)N2CCN(c3ccc(C(F)(F)F)cc3[N+](=O)[O-])CC2)CC1=O. The van der Waals surface area contributed by atoms with Gasteiger partial charge in [-0.2, -0.15) is 13.2 Å². The highest BCUT2D eigenvalue weighted by Crippen LogP contribution is 2.37. The van der Waals surface area contributed by atoms with Crippen LogP contribution in [0, 0.1) is 16.0 Å². The number of nitro benzene ring substituents is 1. The number of para-hydroxylation sites is 2. The van der Waals surface area contributed by atoms with Crippen LogP contribution in [0.4, 0.5) is 30.2 Å². The molecule has 0 spiro atoms. The quantitative estimate of drug-likeness (QED) is 0.469. The van der Waals surface area contributed by atoms with Crippen LogP contribution < -0.4 is 14.5 Å². The molecule has 0 N–H and O–H groups in total. The van der Waals surface area contributed by atoms with Crippen molar-refractivity contribution >= 4 is 28.9 Å². The Balaban J connectivity index is 1.43. The third-order valence-electron chi connectivity index (χ3n) is 6.28. The summed E-state index contributed by atoms with van der Waals surface area (Å²) in [5.74, 6) is -0.399. The van der Waals surface area contributed by atoms with Crippen molar-refractivity contribution in [1.82, 2.24) is 4.90 Å². The molecule has 1 unspecified atom stereocenters. The minimum absolute atomic E-state index is 0.0570. The number of benzene rings is 2. The zero-order valence-corrected chi connectivity index (χ0v) is 18.8. The minimum atomic E-state index is -4.69. The molecule has 2 saturated heterocycles. The highest BCUT2D eigenvalue weighted by atomic mass is 19.4. The molecular formula is C23H23F3N4O5. The van der Waals surface area contributed by atoms with E-state index in [0.717, 1.165) is 12.1 Å². The first-order chi connectivity index (χ1) is 16.6. The van der Waals surface area contributed by atoms with E-state index >= 15 is 0 Å². The van der Waals surface area contributed by atoms with Crippen molar-refractivity contribution in [1.29, 1.82) is 0 Å². The van der Waals surface area contributed by atoms with Gasteiger partial charge in [0.15, 0.2) is 0 Å². The normalized spacial score (nSPS) is 18.7. The van der Waals surface area contributed by atoms with Gasteiger partial charge in [0.25, 0.3) is 5.69 Å². The predicted molar refractivity (Wildman–Crippen MR) is 120 cm³/mol. The molecule has 0 aromatic heterocycles. The summed E-state index contributed by atoms with van der Waals surface area (Å²) in [6, 6.07) is 9.49. The molecule has 1 atom stereocenters. The average molecular weight is 492 g/mol. The molecular weight excluding hydrogens is 469 g/mol. The number of piperazine rings is 1. The van der Waals surface area contributed by atoms with Gasteiger partial charge in [0.2, 0.25) is 11.8 Å². The number of nitrogens with zero attached hydrogens (tertiary/aromatic N) is 4. The molecule has 2 heterocycles. The standard InChI is InChI=1S/C23H23F3N4O5/c1-35-20-5-3-2-4-18(20)29-14-15(12-21(29)31)22(32)28-10-8-27(9-11-28)17-7-6-16(23(24,25)26)13-19(17)30(33)34/h2-7,13,15H,8-12,14H2,1H3. The molecule has 4 rings (SSSR count). The van der Waals surface area contributed by atoms with Gasteiger partial charge < -0.3 is 19.4 Å². The Morgan fingerprint density at radius 3 is 2.40 bits per heavy atom. The summed E-state index contributed by atoms with van der Waals surface area (Å²) >= 11 is 0. The Bertz CT molecular complexity index is 1150. The van der Waals surface area contributed by atoms with Crippen molar-refractivity contribution in [3.63, 3.8) is 0 Å². The Kier molecular flexibility index (Phi) is 6.55. The number of nitro groups is 1. The second kappa shape index (κ2) is 9.43. The monoisotopic (exact) mass is 492 g/mol. The average Bonchev–Trinajstić information content (AvgIpc) is 3.24. The van der Waals surface area contributed by atoms with Crippen LogP contribution in [0.5, 0.6) is 5.75 Å². The van der Waals surface area contributed by atoms with Crippen LogP contribution >= 0.6 is 0 Å². The van der Waals surface area contributed by atoms with E-state index in [0.29, 0.717) is 17.5 Å². The number of carbonyl (C=O) groups is 2. The van der Waals surface area contributed by atoms with E-state index in [4.69, 9.17) is 4.74 Å². The van der Waals surface area contributed by atoms with E-state index in [1.807, 2.05) is 0 Å². The molecule has 2 aliphatic rings. The third kappa shape index (κ3) is 4.86. The minimum Gasteiger partial charge on any atom is -0.495 e. The van der Waals surface area contributed by atoms with E-state index in [-0.39, 0.29) is 56.6 Å². The Hall–Kier alpha value is -3.83. The van der Waals surface area contributed by atoms with Crippen LogP contribution in [-0.4, -0.2) is 61.5 Å². The lowest BCUT2D eigenvalue weighted by molar-refractivity contribution is -0.384. The number of hydrogen-bond donors (Lipinski definition) is 0. The van der Waals surface area contributed by atoms with Crippen molar-refractivity contribution in [3.8, 4) is 5.75 Å². The first-order valence-corrected chi connectivity index (χ1v) is 10.9. The van der Waals surface area contributed by atoms with Crippen molar-refractivity contribution in [2.45, 2.75) is 12.6 Å². The fraction of sp³-hybridized carbons (Fsp3) is 0.391. The summed E-state index contributed by atoms with van der Waals surface area (Å²) in [6.45, 7) is 1.11. The Labute approximate surface area is 198 Å². The molecule has 2 fully saturated rings. The maximum Gasteiger partial charge on any atom is 0.416 e. The van der Waals surface area contributed by atoms with Crippen molar-refractivity contribution in [3.05, 3.63) is 58.1 Å². The zero-order valence-electron chi connectivity index (χ0n) is 18.8.